The van der Waals surface area contributed by atoms with Gasteiger partial charge in [0, 0.05) is 50.2 Å². The molecule has 25 heavy (non-hydrogen) atoms. The van der Waals surface area contributed by atoms with E-state index >= 15 is 0 Å². The fourth-order valence-electron chi connectivity index (χ4n) is 3.64. The van der Waals surface area contributed by atoms with Crippen LogP contribution in [-0.4, -0.2) is 47.7 Å². The van der Waals surface area contributed by atoms with Gasteiger partial charge in [-0.05, 0) is 36.6 Å². The molecule has 1 aromatic carbocycles. The summed E-state index contributed by atoms with van der Waals surface area (Å²) >= 11 is 0. The van der Waals surface area contributed by atoms with Gasteiger partial charge in [-0.2, -0.15) is 0 Å². The molecule has 132 valence electrons. The van der Waals surface area contributed by atoms with E-state index in [9.17, 15) is 4.39 Å². The molecule has 1 aromatic heterocycles. The Morgan fingerprint density at radius 1 is 1.16 bits per heavy atom. The fourth-order valence-corrected chi connectivity index (χ4v) is 3.64. The standard InChI is InChI=1S/C19H23FN4O/c1-14-18-10-17(20)3-2-16(18)4-5-24(14)13-15-11-21-19(22-12-15)23-6-8-25-9-7-23/h2-3,10-12,14H,4-9,13H2,1H3. The summed E-state index contributed by atoms with van der Waals surface area (Å²) < 4.78 is 19.0. The zero-order valence-electron chi connectivity index (χ0n) is 14.5. The number of aromatic nitrogens is 2. The Kier molecular flexibility index (Phi) is 4.63. The van der Waals surface area contributed by atoms with Gasteiger partial charge in [-0.3, -0.25) is 4.90 Å². The maximum atomic E-state index is 13.6. The van der Waals surface area contributed by atoms with Gasteiger partial charge in [-0.25, -0.2) is 14.4 Å². The van der Waals surface area contributed by atoms with Crippen LogP contribution in [0.4, 0.5) is 10.3 Å². The van der Waals surface area contributed by atoms with E-state index in [1.54, 1.807) is 12.1 Å². The molecule has 2 aliphatic rings. The largest absolute Gasteiger partial charge is 0.378 e. The number of morpholine rings is 1. The van der Waals surface area contributed by atoms with Gasteiger partial charge in [0.05, 0.1) is 13.2 Å². The van der Waals surface area contributed by atoms with Crippen LogP contribution in [0, 0.1) is 5.82 Å². The molecule has 0 radical (unpaired) electrons. The first-order chi connectivity index (χ1) is 12.2. The molecule has 2 aliphatic heterocycles. The van der Waals surface area contributed by atoms with Crippen LogP contribution in [0.3, 0.4) is 0 Å². The van der Waals surface area contributed by atoms with Crippen molar-refractivity contribution >= 4 is 5.95 Å². The monoisotopic (exact) mass is 342 g/mol. The van der Waals surface area contributed by atoms with Crippen LogP contribution in [0.5, 0.6) is 0 Å². The number of anilines is 1. The van der Waals surface area contributed by atoms with E-state index in [0.717, 1.165) is 62.9 Å². The highest BCUT2D eigenvalue weighted by Gasteiger charge is 2.24. The van der Waals surface area contributed by atoms with E-state index < -0.39 is 0 Å². The molecule has 1 unspecified atom stereocenters. The van der Waals surface area contributed by atoms with Gasteiger partial charge < -0.3 is 9.64 Å². The van der Waals surface area contributed by atoms with Gasteiger partial charge in [0.1, 0.15) is 5.82 Å². The summed E-state index contributed by atoms with van der Waals surface area (Å²) in [7, 11) is 0. The average Bonchev–Trinajstić information content (AvgIpc) is 2.66. The number of rotatable bonds is 3. The summed E-state index contributed by atoms with van der Waals surface area (Å²) in [5, 5.41) is 0. The third-order valence-corrected chi connectivity index (χ3v) is 5.15. The van der Waals surface area contributed by atoms with E-state index in [1.165, 1.54) is 5.56 Å². The van der Waals surface area contributed by atoms with Crippen LogP contribution in [0.1, 0.15) is 29.7 Å². The number of benzene rings is 1. The number of ether oxygens (including phenoxy) is 1. The minimum Gasteiger partial charge on any atom is -0.378 e. The van der Waals surface area contributed by atoms with Crippen LogP contribution in [0.25, 0.3) is 0 Å². The highest BCUT2D eigenvalue weighted by atomic mass is 19.1. The first kappa shape index (κ1) is 16.4. The molecule has 2 aromatic rings. The second-order valence-electron chi connectivity index (χ2n) is 6.73. The van der Waals surface area contributed by atoms with Crippen LogP contribution in [-0.2, 0) is 17.7 Å². The Labute approximate surface area is 147 Å². The molecular weight excluding hydrogens is 319 g/mol. The van der Waals surface area contributed by atoms with Crippen molar-refractivity contribution in [2.45, 2.75) is 25.9 Å². The lowest BCUT2D eigenvalue weighted by atomic mass is 9.93. The second kappa shape index (κ2) is 7.06. The molecule has 3 heterocycles. The molecule has 0 bridgehead atoms. The Morgan fingerprint density at radius 2 is 1.92 bits per heavy atom. The topological polar surface area (TPSA) is 41.5 Å². The molecule has 0 amide bonds. The van der Waals surface area contributed by atoms with Crippen LogP contribution in [0.15, 0.2) is 30.6 Å². The van der Waals surface area contributed by atoms with Crippen molar-refractivity contribution < 1.29 is 9.13 Å². The van der Waals surface area contributed by atoms with E-state index in [0.29, 0.717) is 0 Å². The number of nitrogens with zero attached hydrogens (tertiary/aromatic N) is 4. The molecule has 1 atom stereocenters. The first-order valence-corrected chi connectivity index (χ1v) is 8.87. The second-order valence-corrected chi connectivity index (χ2v) is 6.73. The van der Waals surface area contributed by atoms with Crippen molar-refractivity contribution in [1.82, 2.24) is 14.9 Å². The molecule has 0 saturated carbocycles. The van der Waals surface area contributed by atoms with E-state index in [4.69, 9.17) is 4.74 Å². The summed E-state index contributed by atoms with van der Waals surface area (Å²) in [4.78, 5) is 13.6. The van der Waals surface area contributed by atoms with Crippen molar-refractivity contribution in [3.8, 4) is 0 Å². The molecule has 0 N–H and O–H groups in total. The van der Waals surface area contributed by atoms with E-state index in [2.05, 4.69) is 26.7 Å². The van der Waals surface area contributed by atoms with E-state index in [-0.39, 0.29) is 11.9 Å². The lowest BCUT2D eigenvalue weighted by molar-refractivity contribution is 0.122. The summed E-state index contributed by atoms with van der Waals surface area (Å²) in [6.45, 7) is 7.01. The zero-order valence-corrected chi connectivity index (χ0v) is 14.5. The molecule has 1 saturated heterocycles. The Bertz CT molecular complexity index is 731. The Balaban J connectivity index is 1.45. The van der Waals surface area contributed by atoms with Crippen LogP contribution < -0.4 is 4.90 Å². The SMILES string of the molecule is CC1c2cc(F)ccc2CCN1Cc1cnc(N2CCOCC2)nc1. The number of halogens is 1. The fraction of sp³-hybridized carbons (Fsp3) is 0.474. The van der Waals surface area contributed by atoms with E-state index in [1.807, 2.05) is 18.5 Å². The number of fused-ring (bicyclic) bond motifs is 1. The van der Waals surface area contributed by atoms with Crippen molar-refractivity contribution in [3.05, 3.63) is 53.1 Å². The molecule has 4 rings (SSSR count). The zero-order chi connectivity index (χ0) is 17.2. The summed E-state index contributed by atoms with van der Waals surface area (Å²) in [5.41, 5.74) is 3.44. The summed E-state index contributed by atoms with van der Waals surface area (Å²) in [6, 6.07) is 5.33. The van der Waals surface area contributed by atoms with Gasteiger partial charge in [-0.1, -0.05) is 6.07 Å². The smallest absolute Gasteiger partial charge is 0.225 e. The highest BCUT2D eigenvalue weighted by Crippen LogP contribution is 2.31. The molecule has 5 nitrogen and oxygen atoms in total. The van der Waals surface area contributed by atoms with Gasteiger partial charge in [0.2, 0.25) is 5.95 Å². The third kappa shape index (κ3) is 3.50. The normalized spacial score (nSPS) is 21.2. The predicted molar refractivity (Wildman–Crippen MR) is 94.0 cm³/mol. The first-order valence-electron chi connectivity index (χ1n) is 8.87. The lowest BCUT2D eigenvalue weighted by Gasteiger charge is -2.35. The molecule has 6 heteroatoms. The summed E-state index contributed by atoms with van der Waals surface area (Å²) in [6.07, 6.45) is 4.77. The molecule has 1 fully saturated rings. The molecule has 0 spiro atoms. The average molecular weight is 342 g/mol. The molecule has 0 aliphatic carbocycles. The van der Waals surface area contributed by atoms with Crippen LogP contribution >= 0.6 is 0 Å². The predicted octanol–water partition coefficient (Wildman–Crippen LogP) is 2.57. The maximum Gasteiger partial charge on any atom is 0.225 e. The van der Waals surface area contributed by atoms with Crippen molar-refractivity contribution in [2.24, 2.45) is 0 Å². The van der Waals surface area contributed by atoms with Crippen molar-refractivity contribution in [2.75, 3.05) is 37.7 Å². The molecular formula is C19H23FN4O. The minimum absolute atomic E-state index is 0.161. The van der Waals surface area contributed by atoms with Gasteiger partial charge in [0.15, 0.2) is 0 Å². The quantitative estimate of drug-likeness (QED) is 0.858. The Morgan fingerprint density at radius 3 is 2.68 bits per heavy atom. The Hall–Kier alpha value is -2.05. The van der Waals surface area contributed by atoms with Crippen LogP contribution in [0.2, 0.25) is 0 Å². The number of hydrogen-bond donors (Lipinski definition) is 0. The summed E-state index contributed by atoms with van der Waals surface area (Å²) in [5.74, 6) is 0.608. The minimum atomic E-state index is -0.161. The van der Waals surface area contributed by atoms with Gasteiger partial charge in [-0.15, -0.1) is 0 Å². The maximum absolute atomic E-state index is 13.6. The third-order valence-electron chi connectivity index (χ3n) is 5.15. The van der Waals surface area contributed by atoms with Crippen molar-refractivity contribution in [3.63, 3.8) is 0 Å². The highest BCUT2D eigenvalue weighted by molar-refractivity contribution is 5.33. The van der Waals surface area contributed by atoms with Gasteiger partial charge >= 0.3 is 0 Å². The number of hydrogen-bond acceptors (Lipinski definition) is 5. The van der Waals surface area contributed by atoms with Gasteiger partial charge in [0.25, 0.3) is 0 Å². The van der Waals surface area contributed by atoms with Crippen molar-refractivity contribution in [1.29, 1.82) is 0 Å². The lowest BCUT2D eigenvalue weighted by Crippen LogP contribution is -2.37.